The summed E-state index contributed by atoms with van der Waals surface area (Å²) < 4.78 is 5.41. The standard InChI is InChI=1S/C20H26N4O2/c1-26-19-8-3-2-6-17(19)9-11-23-12-14-24(15-13-23)20(25)22-16-18-7-4-5-10-21-18/h2-8,10H,9,11-16H2,1H3,(H,22,25). The zero-order chi connectivity index (χ0) is 18.2. The highest BCUT2D eigenvalue weighted by atomic mass is 16.5. The third-order valence-electron chi connectivity index (χ3n) is 4.70. The van der Waals surface area contributed by atoms with E-state index in [1.807, 2.05) is 41.3 Å². The fourth-order valence-corrected chi connectivity index (χ4v) is 3.14. The van der Waals surface area contributed by atoms with Crippen LogP contribution in [0.3, 0.4) is 0 Å². The topological polar surface area (TPSA) is 57.7 Å². The minimum atomic E-state index is -0.0139. The largest absolute Gasteiger partial charge is 0.496 e. The van der Waals surface area contributed by atoms with E-state index >= 15 is 0 Å². The predicted octanol–water partition coefficient (Wildman–Crippen LogP) is 2.16. The molecule has 2 aromatic rings. The Morgan fingerprint density at radius 3 is 2.62 bits per heavy atom. The van der Waals surface area contributed by atoms with Gasteiger partial charge in [-0.25, -0.2) is 4.79 Å². The molecule has 0 saturated carbocycles. The number of benzene rings is 1. The van der Waals surface area contributed by atoms with E-state index in [2.05, 4.69) is 21.3 Å². The van der Waals surface area contributed by atoms with Crippen molar-refractivity contribution in [3.63, 3.8) is 0 Å². The Morgan fingerprint density at radius 1 is 1.12 bits per heavy atom. The maximum Gasteiger partial charge on any atom is 0.317 e. The van der Waals surface area contributed by atoms with Crippen LogP contribution < -0.4 is 10.1 Å². The van der Waals surface area contributed by atoms with Crippen LogP contribution in [0.5, 0.6) is 5.75 Å². The Morgan fingerprint density at radius 2 is 1.88 bits per heavy atom. The van der Waals surface area contributed by atoms with Gasteiger partial charge >= 0.3 is 6.03 Å². The highest BCUT2D eigenvalue weighted by molar-refractivity contribution is 5.74. The number of urea groups is 1. The molecule has 0 aliphatic carbocycles. The number of carbonyl (C=O) groups is 1. The zero-order valence-corrected chi connectivity index (χ0v) is 15.2. The highest BCUT2D eigenvalue weighted by Gasteiger charge is 2.20. The smallest absolute Gasteiger partial charge is 0.317 e. The van der Waals surface area contributed by atoms with Crippen molar-refractivity contribution in [1.29, 1.82) is 0 Å². The third-order valence-corrected chi connectivity index (χ3v) is 4.70. The van der Waals surface area contributed by atoms with Gasteiger partial charge in [0.1, 0.15) is 5.75 Å². The first-order valence-electron chi connectivity index (χ1n) is 9.03. The number of para-hydroxylation sites is 1. The maximum absolute atomic E-state index is 12.3. The summed E-state index contributed by atoms with van der Waals surface area (Å²) in [5.41, 5.74) is 2.10. The lowest BCUT2D eigenvalue weighted by Crippen LogP contribution is -2.51. The Hall–Kier alpha value is -2.60. The first-order chi connectivity index (χ1) is 12.8. The first-order valence-corrected chi connectivity index (χ1v) is 9.03. The van der Waals surface area contributed by atoms with Crippen LogP contribution in [-0.2, 0) is 13.0 Å². The number of nitrogens with one attached hydrogen (secondary N) is 1. The number of hydrogen-bond acceptors (Lipinski definition) is 4. The number of piperazine rings is 1. The van der Waals surface area contributed by atoms with Crippen LogP contribution in [0, 0.1) is 0 Å². The molecule has 1 aromatic heterocycles. The molecule has 2 heterocycles. The molecule has 26 heavy (non-hydrogen) atoms. The van der Waals surface area contributed by atoms with E-state index in [0.717, 1.165) is 50.6 Å². The van der Waals surface area contributed by atoms with Crippen molar-refractivity contribution in [3.8, 4) is 5.75 Å². The molecule has 3 rings (SSSR count). The van der Waals surface area contributed by atoms with Gasteiger partial charge in [0.2, 0.25) is 0 Å². The Bertz CT molecular complexity index is 700. The summed E-state index contributed by atoms with van der Waals surface area (Å²) in [4.78, 5) is 20.8. The van der Waals surface area contributed by atoms with Gasteiger partial charge in [-0.2, -0.15) is 0 Å². The molecule has 138 valence electrons. The molecule has 6 heteroatoms. The molecule has 0 bridgehead atoms. The van der Waals surface area contributed by atoms with Gasteiger partial charge in [-0.1, -0.05) is 24.3 Å². The van der Waals surface area contributed by atoms with Crippen molar-refractivity contribution in [2.75, 3.05) is 39.8 Å². The van der Waals surface area contributed by atoms with Crippen LogP contribution in [0.2, 0.25) is 0 Å². The predicted molar refractivity (Wildman–Crippen MR) is 101 cm³/mol. The fraction of sp³-hybridized carbons (Fsp3) is 0.400. The number of rotatable bonds is 6. The number of pyridine rings is 1. The van der Waals surface area contributed by atoms with Gasteiger partial charge in [0.15, 0.2) is 0 Å². The molecule has 2 amide bonds. The van der Waals surface area contributed by atoms with Crippen molar-refractivity contribution in [3.05, 3.63) is 59.9 Å². The molecule has 1 aliphatic rings. The van der Waals surface area contributed by atoms with Crippen LogP contribution in [0.25, 0.3) is 0 Å². The number of ether oxygens (including phenoxy) is 1. The molecule has 0 spiro atoms. The summed E-state index contributed by atoms with van der Waals surface area (Å²) in [6.07, 6.45) is 2.69. The summed E-state index contributed by atoms with van der Waals surface area (Å²) in [5.74, 6) is 0.944. The monoisotopic (exact) mass is 354 g/mol. The molecule has 1 N–H and O–H groups in total. The summed E-state index contributed by atoms with van der Waals surface area (Å²) in [6.45, 7) is 4.73. The lowest BCUT2D eigenvalue weighted by atomic mass is 10.1. The summed E-state index contributed by atoms with van der Waals surface area (Å²) in [5, 5.41) is 2.95. The molecule has 6 nitrogen and oxygen atoms in total. The van der Waals surface area contributed by atoms with Crippen LogP contribution in [0.15, 0.2) is 48.7 Å². The van der Waals surface area contributed by atoms with E-state index in [-0.39, 0.29) is 6.03 Å². The SMILES string of the molecule is COc1ccccc1CCN1CCN(C(=O)NCc2ccccn2)CC1. The van der Waals surface area contributed by atoms with Gasteiger partial charge in [-0.3, -0.25) is 9.88 Å². The molecular formula is C20H26N4O2. The van der Waals surface area contributed by atoms with Crippen molar-refractivity contribution in [1.82, 2.24) is 20.1 Å². The Kier molecular flexibility index (Phi) is 6.44. The van der Waals surface area contributed by atoms with Crippen LogP contribution in [0.1, 0.15) is 11.3 Å². The van der Waals surface area contributed by atoms with Gasteiger partial charge in [0, 0.05) is 38.9 Å². The van der Waals surface area contributed by atoms with Gasteiger partial charge in [-0.05, 0) is 30.2 Å². The van der Waals surface area contributed by atoms with Crippen LogP contribution >= 0.6 is 0 Å². The van der Waals surface area contributed by atoms with E-state index in [0.29, 0.717) is 6.54 Å². The Balaban J connectivity index is 1.40. The number of carbonyl (C=O) groups excluding carboxylic acids is 1. The second-order valence-corrected chi connectivity index (χ2v) is 6.37. The van der Waals surface area contributed by atoms with E-state index in [9.17, 15) is 4.79 Å². The van der Waals surface area contributed by atoms with Gasteiger partial charge < -0.3 is 15.0 Å². The van der Waals surface area contributed by atoms with E-state index in [1.54, 1.807) is 13.3 Å². The van der Waals surface area contributed by atoms with Crippen LogP contribution in [0.4, 0.5) is 4.79 Å². The van der Waals surface area contributed by atoms with Gasteiger partial charge in [0.25, 0.3) is 0 Å². The van der Waals surface area contributed by atoms with Crippen molar-refractivity contribution >= 4 is 6.03 Å². The fourth-order valence-electron chi connectivity index (χ4n) is 3.14. The minimum absolute atomic E-state index is 0.0139. The molecule has 1 fully saturated rings. The molecule has 1 saturated heterocycles. The summed E-state index contributed by atoms with van der Waals surface area (Å²) >= 11 is 0. The molecule has 0 unspecified atom stereocenters. The number of amides is 2. The second kappa shape index (κ2) is 9.20. The van der Waals surface area contributed by atoms with E-state index < -0.39 is 0 Å². The maximum atomic E-state index is 12.3. The number of nitrogens with zero attached hydrogens (tertiary/aromatic N) is 3. The summed E-state index contributed by atoms with van der Waals surface area (Å²) in [7, 11) is 1.71. The quantitative estimate of drug-likeness (QED) is 0.864. The highest BCUT2D eigenvalue weighted by Crippen LogP contribution is 2.18. The van der Waals surface area contributed by atoms with E-state index in [1.165, 1.54) is 5.56 Å². The second-order valence-electron chi connectivity index (χ2n) is 6.37. The average molecular weight is 354 g/mol. The molecule has 0 radical (unpaired) electrons. The zero-order valence-electron chi connectivity index (χ0n) is 15.2. The molecular weight excluding hydrogens is 328 g/mol. The van der Waals surface area contributed by atoms with Crippen molar-refractivity contribution in [2.24, 2.45) is 0 Å². The minimum Gasteiger partial charge on any atom is -0.496 e. The molecule has 1 aliphatic heterocycles. The lowest BCUT2D eigenvalue weighted by molar-refractivity contribution is 0.139. The number of methoxy groups -OCH3 is 1. The Labute approximate surface area is 154 Å². The number of hydrogen-bond donors (Lipinski definition) is 1. The first kappa shape index (κ1) is 18.2. The molecule has 0 atom stereocenters. The van der Waals surface area contributed by atoms with Crippen molar-refractivity contribution < 1.29 is 9.53 Å². The third kappa shape index (κ3) is 4.95. The van der Waals surface area contributed by atoms with Gasteiger partial charge in [-0.15, -0.1) is 0 Å². The van der Waals surface area contributed by atoms with Crippen LogP contribution in [-0.4, -0.2) is 60.6 Å². The molecule has 1 aromatic carbocycles. The van der Waals surface area contributed by atoms with E-state index in [4.69, 9.17) is 4.74 Å². The average Bonchev–Trinajstić information content (AvgIpc) is 2.72. The van der Waals surface area contributed by atoms with Crippen molar-refractivity contribution in [2.45, 2.75) is 13.0 Å². The number of aromatic nitrogens is 1. The lowest BCUT2D eigenvalue weighted by Gasteiger charge is -2.34. The summed E-state index contributed by atoms with van der Waals surface area (Å²) in [6, 6.07) is 13.8. The normalized spacial score (nSPS) is 14.9. The van der Waals surface area contributed by atoms with Gasteiger partial charge in [0.05, 0.1) is 19.3 Å².